The molecule has 0 saturated heterocycles. The van der Waals surface area contributed by atoms with Crippen LogP contribution in [0.2, 0.25) is 0 Å². The number of rotatable bonds is 8. The SMILES string of the molecule is O[C@]1(CCC2CC2)CC[C@@]2(Cc3ccccc3)c3ccc(OCc4ccccn4)cc3CC[C@@H]2C1. The summed E-state index contributed by atoms with van der Waals surface area (Å²) in [5, 5.41) is 11.6. The fourth-order valence-electron chi connectivity index (χ4n) is 6.87. The van der Waals surface area contributed by atoms with Crippen LogP contribution in [0.5, 0.6) is 5.75 Å². The van der Waals surface area contributed by atoms with Crippen LogP contribution in [0, 0.1) is 11.8 Å². The molecule has 3 atom stereocenters. The molecule has 0 radical (unpaired) electrons. The zero-order valence-corrected chi connectivity index (χ0v) is 20.7. The lowest BCUT2D eigenvalue weighted by Crippen LogP contribution is -2.51. The maximum Gasteiger partial charge on any atom is 0.130 e. The number of ether oxygens (including phenoxy) is 1. The van der Waals surface area contributed by atoms with Gasteiger partial charge in [0.25, 0.3) is 0 Å². The molecule has 3 aromatic rings. The van der Waals surface area contributed by atoms with Crippen LogP contribution in [0.15, 0.2) is 72.9 Å². The summed E-state index contributed by atoms with van der Waals surface area (Å²) in [7, 11) is 0. The smallest absolute Gasteiger partial charge is 0.130 e. The summed E-state index contributed by atoms with van der Waals surface area (Å²) >= 11 is 0. The molecule has 2 fully saturated rings. The third-order valence-electron chi connectivity index (χ3n) is 9.01. The van der Waals surface area contributed by atoms with E-state index in [2.05, 4.69) is 53.5 Å². The molecule has 0 aliphatic heterocycles. The second kappa shape index (κ2) is 9.43. The lowest BCUT2D eigenvalue weighted by molar-refractivity contribution is -0.0581. The van der Waals surface area contributed by atoms with Crippen LogP contribution in [0.25, 0.3) is 0 Å². The van der Waals surface area contributed by atoms with Gasteiger partial charge in [0.2, 0.25) is 0 Å². The molecule has 0 bridgehead atoms. The third kappa shape index (κ3) is 4.89. The van der Waals surface area contributed by atoms with Gasteiger partial charge in [-0.2, -0.15) is 0 Å². The van der Waals surface area contributed by atoms with E-state index in [-0.39, 0.29) is 5.41 Å². The first kappa shape index (κ1) is 22.8. The number of benzene rings is 2. The van der Waals surface area contributed by atoms with Crippen molar-refractivity contribution in [2.75, 3.05) is 0 Å². The van der Waals surface area contributed by atoms with Gasteiger partial charge in [0.05, 0.1) is 11.3 Å². The summed E-state index contributed by atoms with van der Waals surface area (Å²) in [6.45, 7) is 0.492. The molecule has 2 saturated carbocycles. The zero-order chi connectivity index (χ0) is 23.7. The number of pyridine rings is 1. The molecule has 3 aliphatic rings. The molecule has 3 heteroatoms. The zero-order valence-electron chi connectivity index (χ0n) is 20.7. The van der Waals surface area contributed by atoms with E-state index in [9.17, 15) is 5.11 Å². The van der Waals surface area contributed by atoms with Crippen molar-refractivity contribution in [1.29, 1.82) is 0 Å². The van der Waals surface area contributed by atoms with Crippen LogP contribution in [-0.2, 0) is 24.9 Å². The summed E-state index contributed by atoms with van der Waals surface area (Å²) in [4.78, 5) is 4.39. The number of aryl methyl sites for hydroxylation is 1. The second-order valence-electron chi connectivity index (χ2n) is 11.4. The van der Waals surface area contributed by atoms with Gasteiger partial charge in [-0.05, 0) is 104 Å². The Bertz CT molecular complexity index is 1140. The predicted molar refractivity (Wildman–Crippen MR) is 139 cm³/mol. The van der Waals surface area contributed by atoms with Crippen LogP contribution < -0.4 is 4.74 Å². The Morgan fingerprint density at radius 1 is 0.943 bits per heavy atom. The van der Waals surface area contributed by atoms with E-state index >= 15 is 0 Å². The van der Waals surface area contributed by atoms with Crippen molar-refractivity contribution in [1.82, 2.24) is 4.98 Å². The predicted octanol–water partition coefficient (Wildman–Crippen LogP) is 6.81. The second-order valence-corrected chi connectivity index (χ2v) is 11.4. The molecule has 3 nitrogen and oxygen atoms in total. The van der Waals surface area contributed by atoms with E-state index in [0.717, 1.165) is 62.3 Å². The number of fused-ring (bicyclic) bond motifs is 3. The molecule has 2 aromatic carbocycles. The molecule has 1 N–H and O–H groups in total. The minimum absolute atomic E-state index is 0.0975. The molecular weight excluding hydrogens is 430 g/mol. The number of hydrogen-bond donors (Lipinski definition) is 1. The average molecular weight is 468 g/mol. The van der Waals surface area contributed by atoms with Crippen LogP contribution in [-0.4, -0.2) is 15.7 Å². The van der Waals surface area contributed by atoms with Gasteiger partial charge in [-0.1, -0.05) is 55.3 Å². The molecule has 0 spiro atoms. The van der Waals surface area contributed by atoms with E-state index in [1.165, 1.54) is 36.0 Å². The maximum atomic E-state index is 11.6. The van der Waals surface area contributed by atoms with Gasteiger partial charge < -0.3 is 9.84 Å². The highest BCUT2D eigenvalue weighted by molar-refractivity contribution is 5.45. The maximum absolute atomic E-state index is 11.6. The highest BCUT2D eigenvalue weighted by Crippen LogP contribution is 2.56. The van der Waals surface area contributed by atoms with Gasteiger partial charge in [-0.25, -0.2) is 0 Å². The number of hydrogen-bond acceptors (Lipinski definition) is 3. The first-order valence-electron chi connectivity index (χ1n) is 13.5. The Balaban J connectivity index is 1.27. The number of aromatic nitrogens is 1. The first-order valence-corrected chi connectivity index (χ1v) is 13.5. The van der Waals surface area contributed by atoms with Crippen molar-refractivity contribution >= 4 is 0 Å². The molecule has 0 unspecified atom stereocenters. The Kier molecular flexibility index (Phi) is 6.14. The number of nitrogens with zero attached hydrogens (tertiary/aromatic N) is 1. The Morgan fingerprint density at radius 2 is 1.80 bits per heavy atom. The Labute approximate surface area is 209 Å². The summed E-state index contributed by atoms with van der Waals surface area (Å²) in [6, 6.07) is 23.7. The van der Waals surface area contributed by atoms with Gasteiger partial charge in [0.1, 0.15) is 12.4 Å². The minimum Gasteiger partial charge on any atom is -0.487 e. The van der Waals surface area contributed by atoms with Crippen molar-refractivity contribution in [2.45, 2.75) is 81.8 Å². The molecular formula is C32H37NO2. The van der Waals surface area contributed by atoms with E-state index in [1.54, 1.807) is 0 Å². The van der Waals surface area contributed by atoms with Crippen LogP contribution in [0.1, 0.15) is 73.8 Å². The van der Waals surface area contributed by atoms with Gasteiger partial charge in [0, 0.05) is 11.6 Å². The monoisotopic (exact) mass is 467 g/mol. The Hall–Kier alpha value is -2.65. The fraction of sp³-hybridized carbons (Fsp3) is 0.469. The quantitative estimate of drug-likeness (QED) is 0.396. The van der Waals surface area contributed by atoms with Crippen molar-refractivity contribution in [3.63, 3.8) is 0 Å². The van der Waals surface area contributed by atoms with Gasteiger partial charge in [-0.3, -0.25) is 4.98 Å². The van der Waals surface area contributed by atoms with Crippen molar-refractivity contribution in [3.05, 3.63) is 95.3 Å². The van der Waals surface area contributed by atoms with Crippen LogP contribution in [0.3, 0.4) is 0 Å². The standard InChI is InChI=1S/C32H37NO2/c34-31(16-15-24-9-10-24)17-18-32(21-25-6-2-1-3-7-25)27(22-31)12-11-26-20-29(13-14-30(26)32)35-23-28-8-4-5-19-33-28/h1-8,13-14,19-20,24,27,34H,9-12,15-18,21-23H2/t27-,31-,32+/m1/s1. The first-order chi connectivity index (χ1) is 17.1. The van der Waals surface area contributed by atoms with Crippen LogP contribution in [0.4, 0.5) is 0 Å². The minimum atomic E-state index is -0.476. The highest BCUT2D eigenvalue weighted by atomic mass is 16.5. The molecule has 3 aliphatic carbocycles. The van der Waals surface area contributed by atoms with E-state index in [0.29, 0.717) is 12.5 Å². The third-order valence-corrected chi connectivity index (χ3v) is 9.01. The largest absolute Gasteiger partial charge is 0.487 e. The molecule has 182 valence electrons. The molecule has 1 heterocycles. The summed E-state index contributed by atoms with van der Waals surface area (Å²) < 4.78 is 6.14. The average Bonchev–Trinajstić information content (AvgIpc) is 3.73. The molecule has 0 amide bonds. The summed E-state index contributed by atoms with van der Waals surface area (Å²) in [5.74, 6) is 2.33. The molecule has 1 aromatic heterocycles. The molecule has 35 heavy (non-hydrogen) atoms. The van der Waals surface area contributed by atoms with Gasteiger partial charge >= 0.3 is 0 Å². The summed E-state index contributed by atoms with van der Waals surface area (Å²) in [6.07, 6.45) is 13.0. The Morgan fingerprint density at radius 3 is 2.60 bits per heavy atom. The normalized spacial score (nSPS) is 27.6. The topological polar surface area (TPSA) is 42.4 Å². The van der Waals surface area contributed by atoms with Crippen molar-refractivity contribution in [2.24, 2.45) is 11.8 Å². The fourth-order valence-corrected chi connectivity index (χ4v) is 6.87. The summed E-state index contributed by atoms with van der Waals surface area (Å²) in [5.41, 5.74) is 4.90. The van der Waals surface area contributed by atoms with Crippen LogP contribution >= 0.6 is 0 Å². The molecule has 6 rings (SSSR count). The lowest BCUT2D eigenvalue weighted by atomic mass is 9.52. The highest BCUT2D eigenvalue weighted by Gasteiger charge is 2.51. The van der Waals surface area contributed by atoms with E-state index in [1.807, 2.05) is 24.4 Å². The van der Waals surface area contributed by atoms with E-state index in [4.69, 9.17) is 4.74 Å². The lowest BCUT2D eigenvalue weighted by Gasteiger charge is -2.53. The number of aliphatic hydroxyl groups is 1. The van der Waals surface area contributed by atoms with Gasteiger partial charge in [0.15, 0.2) is 0 Å². The van der Waals surface area contributed by atoms with Gasteiger partial charge in [-0.15, -0.1) is 0 Å². The van der Waals surface area contributed by atoms with Crippen molar-refractivity contribution in [3.8, 4) is 5.75 Å². The van der Waals surface area contributed by atoms with Crippen molar-refractivity contribution < 1.29 is 9.84 Å². The van der Waals surface area contributed by atoms with E-state index < -0.39 is 5.60 Å².